The summed E-state index contributed by atoms with van der Waals surface area (Å²) in [5.74, 6) is 2.61. The van der Waals surface area contributed by atoms with Crippen molar-refractivity contribution in [1.29, 1.82) is 5.26 Å². The van der Waals surface area contributed by atoms with Crippen LogP contribution in [0, 0.1) is 11.3 Å². The van der Waals surface area contributed by atoms with Crippen molar-refractivity contribution in [3.05, 3.63) is 77.4 Å². The Balaban J connectivity index is 0.00000533. The van der Waals surface area contributed by atoms with Crippen LogP contribution in [-0.2, 0) is 6.42 Å². The number of likely N-dealkylation sites (N-methyl/N-ethyl adjacent to an activating group) is 1. The van der Waals surface area contributed by atoms with Gasteiger partial charge in [-0.2, -0.15) is 5.26 Å². The second kappa shape index (κ2) is 14.9. The van der Waals surface area contributed by atoms with E-state index in [0.29, 0.717) is 45.2 Å². The molecule has 0 aliphatic carbocycles. The third-order valence-corrected chi connectivity index (χ3v) is 6.72. The minimum atomic E-state index is -0.153. The molecule has 8 nitrogen and oxygen atoms in total. The average Bonchev–Trinajstić information content (AvgIpc) is 2.97. The molecular weight excluding hydrogens is 518 g/mol. The number of quaternary nitrogens is 1. The maximum atomic E-state index is 12.6. The number of methoxy groups -OCH3 is 4. The van der Waals surface area contributed by atoms with Gasteiger partial charge in [0.2, 0.25) is 0 Å². The summed E-state index contributed by atoms with van der Waals surface area (Å²) in [7, 11) is 8.71. The first-order valence-electron chi connectivity index (χ1n) is 12.4. The molecular formula is C30H37ClN3O5+. The molecule has 0 heterocycles. The highest BCUT2D eigenvalue weighted by Gasteiger charge is 2.26. The number of hydrogen-bond acceptors (Lipinski definition) is 6. The van der Waals surface area contributed by atoms with E-state index in [1.807, 2.05) is 24.3 Å². The molecule has 208 valence electrons. The van der Waals surface area contributed by atoms with Crippen molar-refractivity contribution in [1.82, 2.24) is 9.80 Å². The minimum absolute atomic E-state index is 0. The van der Waals surface area contributed by atoms with Gasteiger partial charge in [0.1, 0.15) is 5.69 Å². The van der Waals surface area contributed by atoms with Gasteiger partial charge in [0.15, 0.2) is 23.0 Å². The quantitative estimate of drug-likeness (QED) is 0.236. The Morgan fingerprint density at radius 1 is 0.821 bits per heavy atom. The highest BCUT2D eigenvalue weighted by atomic mass is 35.5. The van der Waals surface area contributed by atoms with Gasteiger partial charge in [0.25, 0.3) is 5.91 Å². The predicted octanol–water partition coefficient (Wildman–Crippen LogP) is 5.01. The number of rotatable bonds is 13. The molecule has 0 spiro atoms. The molecule has 3 aromatic carbocycles. The van der Waals surface area contributed by atoms with Crippen LogP contribution in [0.15, 0.2) is 60.7 Å². The first-order valence-corrected chi connectivity index (χ1v) is 12.4. The molecule has 0 fully saturated rings. The molecule has 0 aromatic heterocycles. The summed E-state index contributed by atoms with van der Waals surface area (Å²) in [6, 6.07) is 20.7. The zero-order valence-electron chi connectivity index (χ0n) is 23.2. The van der Waals surface area contributed by atoms with Crippen molar-refractivity contribution in [3.63, 3.8) is 0 Å². The van der Waals surface area contributed by atoms with E-state index < -0.39 is 0 Å². The zero-order chi connectivity index (χ0) is 27.5. The second-order valence-electron chi connectivity index (χ2n) is 9.12. The molecule has 0 saturated heterocycles. The highest BCUT2D eigenvalue weighted by Crippen LogP contribution is 2.34. The highest BCUT2D eigenvalue weighted by molar-refractivity contribution is 5.94. The molecule has 3 rings (SSSR count). The smallest absolute Gasteiger partial charge is 0.251 e. The Bertz CT molecular complexity index is 1280. The van der Waals surface area contributed by atoms with Crippen molar-refractivity contribution in [2.75, 3.05) is 55.1 Å². The van der Waals surface area contributed by atoms with Crippen LogP contribution in [0.25, 0.3) is 0 Å². The second-order valence-corrected chi connectivity index (χ2v) is 9.12. The third-order valence-electron chi connectivity index (χ3n) is 6.72. The van der Waals surface area contributed by atoms with E-state index in [2.05, 4.69) is 30.6 Å². The third kappa shape index (κ3) is 8.03. The fraction of sp³-hybridized carbons (Fsp3) is 0.333. The fourth-order valence-corrected chi connectivity index (χ4v) is 4.37. The SMILES string of the molecule is COc1ccc(CC[N+](C)(CCCNC(=O)c2ccc(C#N)cc2)c2ccc(OC)c(OC)c2)cc1OC.Cl. The summed E-state index contributed by atoms with van der Waals surface area (Å²) in [5.41, 5.74) is 3.29. The summed E-state index contributed by atoms with van der Waals surface area (Å²) in [6.07, 6.45) is 1.57. The normalized spacial score (nSPS) is 11.8. The number of halogens is 1. The summed E-state index contributed by atoms with van der Waals surface area (Å²) in [4.78, 5) is 12.6. The number of ether oxygens (including phenoxy) is 4. The summed E-state index contributed by atoms with van der Waals surface area (Å²) >= 11 is 0. The van der Waals surface area contributed by atoms with Gasteiger partial charge in [-0.1, -0.05) is 6.07 Å². The largest absolute Gasteiger partial charge is 0.493 e. The van der Waals surface area contributed by atoms with Gasteiger partial charge in [-0.3, -0.25) is 9.28 Å². The summed E-state index contributed by atoms with van der Waals surface area (Å²) in [6.45, 7) is 2.13. The maximum absolute atomic E-state index is 12.6. The van der Waals surface area contributed by atoms with Crippen molar-refractivity contribution < 1.29 is 23.7 Å². The molecule has 0 bridgehead atoms. The molecule has 0 aliphatic rings. The van der Waals surface area contributed by atoms with E-state index in [9.17, 15) is 4.79 Å². The average molecular weight is 555 g/mol. The molecule has 3 aromatic rings. The van der Waals surface area contributed by atoms with E-state index in [1.54, 1.807) is 52.7 Å². The Hall–Kier alpha value is -3.93. The standard InChI is InChI=1S/C30H35N3O5.ClH/c1-33(25-12-14-27(36-3)29(20-25)38-5,18-15-22-9-13-26(35-2)28(19-22)37-4)17-6-16-32-30(34)24-10-7-23(21-31)8-11-24;/h7-14,19-20H,6,15-18H2,1-5H3;1H/p+1. The lowest BCUT2D eigenvalue weighted by Gasteiger charge is -2.35. The van der Waals surface area contributed by atoms with Crippen LogP contribution < -0.4 is 28.7 Å². The zero-order valence-corrected chi connectivity index (χ0v) is 24.0. The first-order chi connectivity index (χ1) is 18.4. The number of carbonyl (C=O) groups excluding carboxylic acids is 1. The van der Waals surface area contributed by atoms with Gasteiger partial charge in [-0.25, -0.2) is 0 Å². The van der Waals surface area contributed by atoms with Gasteiger partial charge in [-0.05, 0) is 48.0 Å². The molecule has 1 atom stereocenters. The van der Waals surface area contributed by atoms with Crippen LogP contribution >= 0.6 is 12.4 Å². The Morgan fingerprint density at radius 3 is 2.00 bits per heavy atom. The maximum Gasteiger partial charge on any atom is 0.251 e. The van der Waals surface area contributed by atoms with E-state index >= 15 is 0 Å². The van der Waals surface area contributed by atoms with Gasteiger partial charge < -0.3 is 24.3 Å². The van der Waals surface area contributed by atoms with Crippen LogP contribution in [0.5, 0.6) is 23.0 Å². The van der Waals surface area contributed by atoms with Crippen LogP contribution in [-0.4, -0.2) is 61.0 Å². The molecule has 1 N–H and O–H groups in total. The predicted molar refractivity (Wildman–Crippen MR) is 156 cm³/mol. The van der Waals surface area contributed by atoms with Crippen molar-refractivity contribution in [3.8, 4) is 29.1 Å². The molecule has 39 heavy (non-hydrogen) atoms. The minimum Gasteiger partial charge on any atom is -0.493 e. The van der Waals surface area contributed by atoms with Crippen molar-refractivity contribution in [2.24, 2.45) is 0 Å². The van der Waals surface area contributed by atoms with Crippen LogP contribution in [0.1, 0.15) is 27.9 Å². The molecule has 1 amide bonds. The number of benzene rings is 3. The van der Waals surface area contributed by atoms with Crippen molar-refractivity contribution >= 4 is 24.0 Å². The van der Waals surface area contributed by atoms with Gasteiger partial charge in [0.05, 0.1) is 60.2 Å². The van der Waals surface area contributed by atoms with E-state index in [0.717, 1.165) is 37.2 Å². The molecule has 0 radical (unpaired) electrons. The lowest BCUT2D eigenvalue weighted by Crippen LogP contribution is -2.48. The van der Waals surface area contributed by atoms with Gasteiger partial charge in [-0.15, -0.1) is 12.4 Å². The lowest BCUT2D eigenvalue weighted by atomic mass is 10.1. The van der Waals surface area contributed by atoms with Crippen molar-refractivity contribution in [2.45, 2.75) is 12.8 Å². The Morgan fingerprint density at radius 2 is 1.41 bits per heavy atom. The number of nitrogens with one attached hydrogen (secondary N) is 1. The van der Waals surface area contributed by atoms with Crippen LogP contribution in [0.3, 0.4) is 0 Å². The fourth-order valence-electron chi connectivity index (χ4n) is 4.37. The van der Waals surface area contributed by atoms with E-state index in [-0.39, 0.29) is 18.3 Å². The van der Waals surface area contributed by atoms with E-state index in [4.69, 9.17) is 24.2 Å². The molecule has 0 aliphatic heterocycles. The molecule has 9 heteroatoms. The number of carbonyl (C=O) groups is 1. The number of nitriles is 1. The first kappa shape index (κ1) is 31.3. The summed E-state index contributed by atoms with van der Waals surface area (Å²) in [5, 5.41) is 12.0. The number of hydrogen-bond donors (Lipinski definition) is 1. The van der Waals surface area contributed by atoms with Gasteiger partial charge in [0, 0.05) is 37.1 Å². The van der Waals surface area contributed by atoms with E-state index in [1.165, 1.54) is 0 Å². The summed E-state index contributed by atoms with van der Waals surface area (Å²) < 4.78 is 22.5. The molecule has 1 unspecified atom stereocenters. The topological polar surface area (TPSA) is 89.8 Å². The number of nitrogens with zero attached hydrogens (tertiary/aromatic N) is 2. The monoisotopic (exact) mass is 554 g/mol. The molecule has 0 saturated carbocycles. The van der Waals surface area contributed by atoms with Crippen LogP contribution in [0.4, 0.5) is 5.69 Å². The van der Waals surface area contributed by atoms with Gasteiger partial charge >= 0.3 is 0 Å². The van der Waals surface area contributed by atoms with Crippen LogP contribution in [0.2, 0.25) is 0 Å². The Kier molecular flexibility index (Phi) is 11.9. The Labute approximate surface area is 237 Å². The lowest BCUT2D eigenvalue weighted by molar-refractivity contribution is 0.0952. The number of amides is 1.